The van der Waals surface area contributed by atoms with E-state index in [1.165, 1.54) is 20.3 Å². The number of halogens is 1. The number of rotatable bonds is 6. The first kappa shape index (κ1) is 19.6. The van der Waals surface area contributed by atoms with Crippen LogP contribution in [0.5, 0.6) is 11.5 Å². The van der Waals surface area contributed by atoms with Crippen LogP contribution < -0.4 is 14.8 Å². The summed E-state index contributed by atoms with van der Waals surface area (Å²) in [5.41, 5.74) is 1.83. The molecule has 0 radical (unpaired) electrons. The van der Waals surface area contributed by atoms with Crippen LogP contribution in [0.15, 0.2) is 36.4 Å². The Morgan fingerprint density at radius 3 is 2.76 bits per heavy atom. The topological polar surface area (TPSA) is 67.9 Å². The smallest absolute Gasteiger partial charge is 0.260 e. The van der Waals surface area contributed by atoms with Gasteiger partial charge >= 0.3 is 0 Å². The molecule has 6 nitrogen and oxygen atoms in total. The molecule has 2 atom stereocenters. The Morgan fingerprint density at radius 1 is 1.24 bits per heavy atom. The number of fused-ring (bicyclic) bond motifs is 3. The SMILES string of the molecule is COc1ccc2c(c1OC)C(=O)N1C(C(=O)NCCc3ccccc3F)CSC21. The Balaban J connectivity index is 1.48. The van der Waals surface area contributed by atoms with Crippen molar-refractivity contribution in [2.75, 3.05) is 26.5 Å². The van der Waals surface area contributed by atoms with Crippen LogP contribution in [0, 0.1) is 5.82 Å². The number of hydrogen-bond acceptors (Lipinski definition) is 5. The maximum absolute atomic E-state index is 13.7. The van der Waals surface area contributed by atoms with Crippen LogP contribution in [0.2, 0.25) is 0 Å². The van der Waals surface area contributed by atoms with Crippen molar-refractivity contribution < 1.29 is 23.5 Å². The predicted molar refractivity (Wildman–Crippen MR) is 108 cm³/mol. The van der Waals surface area contributed by atoms with Crippen molar-refractivity contribution in [3.8, 4) is 11.5 Å². The van der Waals surface area contributed by atoms with E-state index in [-0.39, 0.29) is 23.0 Å². The highest BCUT2D eigenvalue weighted by molar-refractivity contribution is 7.99. The molecule has 1 saturated heterocycles. The van der Waals surface area contributed by atoms with Gasteiger partial charge in [-0.05, 0) is 24.1 Å². The molecule has 8 heteroatoms. The van der Waals surface area contributed by atoms with Gasteiger partial charge in [0, 0.05) is 17.9 Å². The maximum Gasteiger partial charge on any atom is 0.260 e. The molecule has 0 aromatic heterocycles. The van der Waals surface area contributed by atoms with Gasteiger partial charge in [-0.2, -0.15) is 0 Å². The third-order valence-electron chi connectivity index (χ3n) is 5.25. The fourth-order valence-corrected chi connectivity index (χ4v) is 5.29. The largest absolute Gasteiger partial charge is 0.493 e. The van der Waals surface area contributed by atoms with Crippen LogP contribution in [0.4, 0.5) is 4.39 Å². The molecule has 2 aliphatic heterocycles. The van der Waals surface area contributed by atoms with E-state index in [1.807, 2.05) is 6.07 Å². The molecular weight excluding hydrogens is 395 g/mol. The lowest BCUT2D eigenvalue weighted by Gasteiger charge is -2.22. The van der Waals surface area contributed by atoms with E-state index in [4.69, 9.17) is 9.47 Å². The van der Waals surface area contributed by atoms with Gasteiger partial charge in [0.2, 0.25) is 5.91 Å². The zero-order valence-corrected chi connectivity index (χ0v) is 16.9. The predicted octanol–water partition coefficient (Wildman–Crippen LogP) is 2.77. The second kappa shape index (κ2) is 7.94. The average Bonchev–Trinajstić information content (AvgIpc) is 3.28. The van der Waals surface area contributed by atoms with Crippen LogP contribution in [-0.4, -0.2) is 49.3 Å². The number of amides is 2. The average molecular weight is 416 g/mol. The van der Waals surface area contributed by atoms with Crippen molar-refractivity contribution in [1.29, 1.82) is 0 Å². The molecule has 0 aliphatic carbocycles. The Morgan fingerprint density at radius 2 is 2.03 bits per heavy atom. The zero-order chi connectivity index (χ0) is 20.5. The van der Waals surface area contributed by atoms with Gasteiger partial charge in [0.05, 0.1) is 19.8 Å². The Labute approximate surface area is 172 Å². The molecule has 0 saturated carbocycles. The standard InChI is InChI=1S/C21H21FN2O4S/c1-27-16-8-7-13-17(18(16)28-2)20(26)24-15(11-29-21(13)24)19(25)23-10-9-12-5-3-4-6-14(12)22/h3-8,15,21H,9-11H2,1-2H3,(H,23,25). The molecule has 29 heavy (non-hydrogen) atoms. The number of nitrogens with zero attached hydrogens (tertiary/aromatic N) is 1. The summed E-state index contributed by atoms with van der Waals surface area (Å²) in [6, 6.07) is 9.54. The molecule has 2 amide bonds. The summed E-state index contributed by atoms with van der Waals surface area (Å²) in [5, 5.41) is 2.62. The van der Waals surface area contributed by atoms with Crippen molar-refractivity contribution in [2.24, 2.45) is 0 Å². The number of thioether (sulfide) groups is 1. The van der Waals surface area contributed by atoms with Gasteiger partial charge in [0.15, 0.2) is 11.5 Å². The summed E-state index contributed by atoms with van der Waals surface area (Å²) < 4.78 is 24.5. The van der Waals surface area contributed by atoms with E-state index in [2.05, 4.69) is 5.32 Å². The highest BCUT2D eigenvalue weighted by Crippen LogP contribution is 2.52. The summed E-state index contributed by atoms with van der Waals surface area (Å²) >= 11 is 1.55. The molecule has 2 unspecified atom stereocenters. The number of methoxy groups -OCH3 is 2. The quantitative estimate of drug-likeness (QED) is 0.784. The number of carbonyl (C=O) groups is 2. The molecule has 2 heterocycles. The number of hydrogen-bond donors (Lipinski definition) is 1. The van der Waals surface area contributed by atoms with Crippen molar-refractivity contribution in [1.82, 2.24) is 10.2 Å². The minimum Gasteiger partial charge on any atom is -0.493 e. The minimum absolute atomic E-state index is 0.223. The zero-order valence-electron chi connectivity index (χ0n) is 16.1. The fourth-order valence-electron chi connectivity index (χ4n) is 3.83. The van der Waals surface area contributed by atoms with Crippen LogP contribution in [0.3, 0.4) is 0 Å². The molecular formula is C21H21FN2O4S. The van der Waals surface area contributed by atoms with Crippen LogP contribution in [0.1, 0.15) is 26.9 Å². The first-order chi connectivity index (χ1) is 14.1. The van der Waals surface area contributed by atoms with E-state index < -0.39 is 6.04 Å². The maximum atomic E-state index is 13.7. The van der Waals surface area contributed by atoms with Crippen molar-refractivity contribution in [3.63, 3.8) is 0 Å². The molecule has 2 aliphatic rings. The summed E-state index contributed by atoms with van der Waals surface area (Å²) in [5.74, 6) is 0.628. The van der Waals surface area contributed by atoms with E-state index in [9.17, 15) is 14.0 Å². The lowest BCUT2D eigenvalue weighted by molar-refractivity contribution is -0.124. The van der Waals surface area contributed by atoms with Crippen molar-refractivity contribution >= 4 is 23.6 Å². The number of nitrogens with one attached hydrogen (secondary N) is 1. The van der Waals surface area contributed by atoms with Gasteiger partial charge < -0.3 is 19.7 Å². The first-order valence-electron chi connectivity index (χ1n) is 9.27. The Kier molecular flexibility index (Phi) is 5.36. The van der Waals surface area contributed by atoms with Gasteiger partial charge in [0.1, 0.15) is 17.2 Å². The van der Waals surface area contributed by atoms with E-state index in [0.29, 0.717) is 41.3 Å². The summed E-state index contributed by atoms with van der Waals surface area (Å²) in [7, 11) is 3.01. The second-order valence-corrected chi connectivity index (χ2v) is 7.92. The Hall–Kier alpha value is -2.74. The summed E-state index contributed by atoms with van der Waals surface area (Å²) in [6.45, 7) is 0.303. The molecule has 2 aromatic carbocycles. The minimum atomic E-state index is -0.582. The first-order valence-corrected chi connectivity index (χ1v) is 10.3. The lowest BCUT2D eigenvalue weighted by atomic mass is 10.1. The molecule has 4 rings (SSSR count). The normalized spacial score (nSPS) is 19.7. The highest BCUT2D eigenvalue weighted by atomic mass is 32.2. The lowest BCUT2D eigenvalue weighted by Crippen LogP contribution is -2.46. The fraction of sp³-hybridized carbons (Fsp3) is 0.333. The third-order valence-corrected chi connectivity index (χ3v) is 6.55. The molecule has 152 valence electrons. The van der Waals surface area contributed by atoms with Gasteiger partial charge in [0.25, 0.3) is 5.91 Å². The van der Waals surface area contributed by atoms with Crippen LogP contribution in [0.25, 0.3) is 0 Å². The Bertz CT molecular complexity index is 968. The van der Waals surface area contributed by atoms with Gasteiger partial charge in [-0.15, -0.1) is 11.8 Å². The highest BCUT2D eigenvalue weighted by Gasteiger charge is 2.50. The molecule has 1 fully saturated rings. The monoisotopic (exact) mass is 416 g/mol. The third kappa shape index (κ3) is 3.31. The van der Waals surface area contributed by atoms with Gasteiger partial charge in [-0.1, -0.05) is 24.3 Å². The molecule has 1 N–H and O–H groups in total. The summed E-state index contributed by atoms with van der Waals surface area (Å²) in [6.07, 6.45) is 0.390. The molecule has 0 spiro atoms. The van der Waals surface area contributed by atoms with E-state index in [0.717, 1.165) is 5.56 Å². The molecule has 0 bridgehead atoms. The van der Waals surface area contributed by atoms with Crippen LogP contribution in [-0.2, 0) is 11.2 Å². The second-order valence-electron chi connectivity index (χ2n) is 6.81. The van der Waals surface area contributed by atoms with Gasteiger partial charge in [-0.3, -0.25) is 9.59 Å². The van der Waals surface area contributed by atoms with E-state index in [1.54, 1.807) is 40.9 Å². The van der Waals surface area contributed by atoms with Gasteiger partial charge in [-0.25, -0.2) is 4.39 Å². The van der Waals surface area contributed by atoms with E-state index >= 15 is 0 Å². The number of ether oxygens (including phenoxy) is 2. The van der Waals surface area contributed by atoms with Crippen molar-refractivity contribution in [3.05, 3.63) is 58.9 Å². The molecule has 2 aromatic rings. The number of carbonyl (C=O) groups excluding carboxylic acids is 2. The number of benzene rings is 2. The summed E-state index contributed by atoms with van der Waals surface area (Å²) in [4.78, 5) is 27.5. The van der Waals surface area contributed by atoms with Crippen LogP contribution >= 0.6 is 11.8 Å². The van der Waals surface area contributed by atoms with Crippen molar-refractivity contribution in [2.45, 2.75) is 17.8 Å².